The van der Waals surface area contributed by atoms with E-state index in [0.717, 1.165) is 39.3 Å². The van der Waals surface area contributed by atoms with Crippen molar-refractivity contribution in [2.45, 2.75) is 73.7 Å². The molecule has 0 radical (unpaired) electrons. The van der Waals surface area contributed by atoms with Crippen LogP contribution in [-0.4, -0.2) is 31.2 Å². The number of H-pyrrole nitrogens is 2. The molecular formula is C24H31F2N5O. The lowest BCUT2D eigenvalue weighted by Gasteiger charge is -2.08. The minimum absolute atomic E-state index is 0.164. The van der Waals surface area contributed by atoms with Gasteiger partial charge in [-0.15, -0.1) is 0 Å². The fraction of sp³-hybridized carbons (Fsp3) is 0.458. The first-order chi connectivity index (χ1) is 15.3. The molecule has 1 unspecified atom stereocenters. The van der Waals surface area contributed by atoms with Crippen molar-refractivity contribution in [2.24, 2.45) is 0 Å². The molecule has 1 fully saturated rings. The van der Waals surface area contributed by atoms with Crippen LogP contribution in [0, 0.1) is 27.7 Å². The molecule has 1 saturated carbocycles. The van der Waals surface area contributed by atoms with Crippen molar-refractivity contribution >= 4 is 11.0 Å². The topological polar surface area (TPSA) is 83.4 Å². The third-order valence-electron chi connectivity index (χ3n) is 5.48. The minimum Gasteiger partial charge on any atom is -0.361 e. The van der Waals surface area contributed by atoms with Crippen LogP contribution in [-0.2, 0) is 0 Å². The van der Waals surface area contributed by atoms with Crippen molar-refractivity contribution in [3.05, 3.63) is 40.8 Å². The Morgan fingerprint density at radius 3 is 2.16 bits per heavy atom. The highest BCUT2D eigenvalue weighted by Crippen LogP contribution is 2.55. The molecule has 3 heterocycles. The smallest absolute Gasteiger partial charge is 0.259 e. The summed E-state index contributed by atoms with van der Waals surface area (Å²) < 4.78 is 32.6. The molecule has 0 bridgehead atoms. The van der Waals surface area contributed by atoms with Crippen molar-refractivity contribution in [3.63, 3.8) is 0 Å². The molecule has 1 aromatic carbocycles. The van der Waals surface area contributed by atoms with Crippen LogP contribution < -0.4 is 0 Å². The monoisotopic (exact) mass is 443 g/mol. The highest BCUT2D eigenvalue weighted by atomic mass is 19.3. The number of aromatic amines is 2. The van der Waals surface area contributed by atoms with E-state index in [4.69, 9.17) is 4.52 Å². The van der Waals surface area contributed by atoms with Gasteiger partial charge in [-0.2, -0.15) is 5.10 Å². The highest BCUT2D eigenvalue weighted by molar-refractivity contribution is 5.97. The molecule has 1 aliphatic carbocycles. The number of halogens is 2. The van der Waals surface area contributed by atoms with E-state index < -0.39 is 11.8 Å². The molecule has 6 nitrogen and oxygen atoms in total. The van der Waals surface area contributed by atoms with Crippen LogP contribution in [0.3, 0.4) is 0 Å². The summed E-state index contributed by atoms with van der Waals surface area (Å²) in [6.07, 6.45) is -0.164. The predicted molar refractivity (Wildman–Crippen MR) is 123 cm³/mol. The second-order valence-electron chi connectivity index (χ2n) is 7.57. The fourth-order valence-corrected chi connectivity index (χ4v) is 3.99. The van der Waals surface area contributed by atoms with Gasteiger partial charge in [-0.05, 0) is 45.4 Å². The molecule has 0 amide bonds. The molecule has 0 aliphatic heterocycles. The molecule has 172 valence electrons. The highest BCUT2D eigenvalue weighted by Gasteiger charge is 2.59. The lowest BCUT2D eigenvalue weighted by Crippen LogP contribution is -1.94. The molecule has 0 saturated heterocycles. The van der Waals surface area contributed by atoms with Gasteiger partial charge in [-0.1, -0.05) is 32.9 Å². The lowest BCUT2D eigenvalue weighted by molar-refractivity contribution is 0.111. The first-order valence-corrected chi connectivity index (χ1v) is 11.1. The molecule has 5 rings (SSSR count). The Labute approximate surface area is 186 Å². The number of rotatable bonds is 3. The van der Waals surface area contributed by atoms with Crippen LogP contribution in [0.1, 0.15) is 68.7 Å². The number of imidazole rings is 1. The lowest BCUT2D eigenvalue weighted by atomic mass is 9.96. The number of nitrogens with one attached hydrogen (secondary N) is 2. The van der Waals surface area contributed by atoms with Crippen molar-refractivity contribution in [1.29, 1.82) is 0 Å². The molecule has 32 heavy (non-hydrogen) atoms. The van der Waals surface area contributed by atoms with Crippen LogP contribution in [0.25, 0.3) is 33.3 Å². The van der Waals surface area contributed by atoms with Crippen molar-refractivity contribution < 1.29 is 13.3 Å². The number of aryl methyl sites for hydroxylation is 4. The summed E-state index contributed by atoms with van der Waals surface area (Å²) in [5.74, 6) is -2.49. The maximum absolute atomic E-state index is 13.6. The summed E-state index contributed by atoms with van der Waals surface area (Å²) in [7, 11) is 0. The van der Waals surface area contributed by atoms with Gasteiger partial charge in [0.15, 0.2) is 0 Å². The Morgan fingerprint density at radius 1 is 1.00 bits per heavy atom. The summed E-state index contributed by atoms with van der Waals surface area (Å²) >= 11 is 0. The number of alkyl halides is 2. The maximum Gasteiger partial charge on any atom is 0.259 e. The Morgan fingerprint density at radius 2 is 1.66 bits per heavy atom. The zero-order chi connectivity index (χ0) is 23.8. The Bertz CT molecular complexity index is 1200. The Kier molecular flexibility index (Phi) is 6.53. The molecular weight excluding hydrogens is 412 g/mol. The standard InChI is InChI=1S/C20H19F2N5O.2C2H6/c1-8-16(9(2)26-25-8)13-5-12(17-10(3)27-28-11(17)4)6-15-18(13)24-19(23-15)14-7-20(14,21)22;2*1-2/h5-6,14H,7H2,1-4H3,(H,23,24)(H,25,26);2*1-2H3. The molecule has 8 heteroatoms. The molecule has 1 atom stereocenters. The third kappa shape index (κ3) is 3.94. The molecule has 3 aromatic heterocycles. The first kappa shape index (κ1) is 23.6. The van der Waals surface area contributed by atoms with Crippen molar-refractivity contribution in [3.8, 4) is 22.3 Å². The number of nitrogens with zero attached hydrogens (tertiary/aromatic N) is 3. The summed E-state index contributed by atoms with van der Waals surface area (Å²) in [6.45, 7) is 15.6. The number of hydrogen-bond donors (Lipinski definition) is 2. The van der Waals surface area contributed by atoms with Gasteiger partial charge in [0.2, 0.25) is 0 Å². The largest absolute Gasteiger partial charge is 0.361 e. The van der Waals surface area contributed by atoms with Gasteiger partial charge in [0.1, 0.15) is 11.6 Å². The second kappa shape index (κ2) is 8.84. The van der Waals surface area contributed by atoms with E-state index >= 15 is 0 Å². The number of fused-ring (bicyclic) bond motifs is 1. The molecule has 0 spiro atoms. The normalized spacial score (nSPS) is 16.2. The van der Waals surface area contributed by atoms with Gasteiger partial charge < -0.3 is 9.51 Å². The van der Waals surface area contributed by atoms with Gasteiger partial charge in [0, 0.05) is 28.8 Å². The Hall–Kier alpha value is -3.03. The number of aromatic nitrogens is 5. The summed E-state index contributed by atoms with van der Waals surface area (Å²) in [6, 6.07) is 3.93. The van der Waals surface area contributed by atoms with Crippen LogP contribution >= 0.6 is 0 Å². The van der Waals surface area contributed by atoms with Gasteiger partial charge in [0.25, 0.3) is 5.92 Å². The van der Waals surface area contributed by atoms with Gasteiger partial charge >= 0.3 is 0 Å². The maximum atomic E-state index is 13.6. The molecule has 4 aromatic rings. The number of hydrogen-bond acceptors (Lipinski definition) is 4. The van der Waals surface area contributed by atoms with Crippen molar-refractivity contribution in [2.75, 3.05) is 0 Å². The third-order valence-corrected chi connectivity index (χ3v) is 5.48. The Balaban J connectivity index is 0.000000686. The van der Waals surface area contributed by atoms with E-state index in [9.17, 15) is 8.78 Å². The summed E-state index contributed by atoms with van der Waals surface area (Å²) in [5.41, 5.74) is 7.46. The van der Waals surface area contributed by atoms with E-state index in [1.54, 1.807) is 0 Å². The fourth-order valence-electron chi connectivity index (χ4n) is 3.99. The first-order valence-electron chi connectivity index (χ1n) is 11.1. The van der Waals surface area contributed by atoms with Crippen LogP contribution in [0.15, 0.2) is 16.7 Å². The summed E-state index contributed by atoms with van der Waals surface area (Å²) in [5, 5.41) is 11.3. The zero-order valence-electron chi connectivity index (χ0n) is 19.9. The van der Waals surface area contributed by atoms with Crippen LogP contribution in [0.2, 0.25) is 0 Å². The van der Waals surface area contributed by atoms with Crippen molar-refractivity contribution in [1.82, 2.24) is 25.3 Å². The van der Waals surface area contributed by atoms with Gasteiger partial charge in [-0.25, -0.2) is 13.8 Å². The van der Waals surface area contributed by atoms with E-state index in [-0.39, 0.29) is 6.42 Å². The molecule has 1 aliphatic rings. The quantitative estimate of drug-likeness (QED) is 0.356. The second-order valence-corrected chi connectivity index (χ2v) is 7.57. The van der Waals surface area contributed by atoms with E-state index in [1.165, 1.54) is 0 Å². The predicted octanol–water partition coefficient (Wildman–Crippen LogP) is 7.02. The van der Waals surface area contributed by atoms with Gasteiger partial charge in [0.05, 0.1) is 28.3 Å². The number of benzene rings is 1. The van der Waals surface area contributed by atoms with E-state index in [2.05, 4.69) is 25.3 Å². The van der Waals surface area contributed by atoms with E-state index in [0.29, 0.717) is 22.6 Å². The zero-order valence-corrected chi connectivity index (χ0v) is 19.9. The molecule has 2 N–H and O–H groups in total. The summed E-state index contributed by atoms with van der Waals surface area (Å²) in [4.78, 5) is 7.68. The average molecular weight is 444 g/mol. The van der Waals surface area contributed by atoms with Crippen LogP contribution in [0.5, 0.6) is 0 Å². The SMILES string of the molecule is CC.CC.Cc1n[nH]c(C)c1-c1cc(-c2c(C)noc2C)cc2[nH]c(C3CC3(F)F)nc12. The van der Waals surface area contributed by atoms with Crippen LogP contribution in [0.4, 0.5) is 8.78 Å². The minimum atomic E-state index is -2.68. The average Bonchev–Trinajstić information content (AvgIpc) is 3.10. The van der Waals surface area contributed by atoms with Gasteiger partial charge in [-0.3, -0.25) is 5.10 Å². The van der Waals surface area contributed by atoms with E-state index in [1.807, 2.05) is 67.5 Å².